The van der Waals surface area contributed by atoms with Crippen LogP contribution in [0.3, 0.4) is 0 Å². The molecule has 132 valence electrons. The highest BCUT2D eigenvalue weighted by atomic mass is 19.1. The zero-order valence-corrected chi connectivity index (χ0v) is 14.0. The summed E-state index contributed by atoms with van der Waals surface area (Å²) in [5, 5.41) is 5.30. The number of nitrogens with one attached hydrogen (secondary N) is 2. The van der Waals surface area contributed by atoms with Gasteiger partial charge in [0.1, 0.15) is 11.6 Å². The molecular weight excluding hydrogens is 323 g/mol. The number of methoxy groups -OCH3 is 1. The van der Waals surface area contributed by atoms with E-state index in [9.17, 15) is 14.0 Å². The minimum Gasteiger partial charge on any atom is -0.497 e. The summed E-state index contributed by atoms with van der Waals surface area (Å²) >= 11 is 0. The van der Waals surface area contributed by atoms with Gasteiger partial charge in [-0.2, -0.15) is 0 Å². The summed E-state index contributed by atoms with van der Waals surface area (Å²) in [6.07, 6.45) is 0.804. The summed E-state index contributed by atoms with van der Waals surface area (Å²) in [6.45, 7) is 0.358. The fourth-order valence-corrected chi connectivity index (χ4v) is 2.23. The van der Waals surface area contributed by atoms with Crippen molar-refractivity contribution in [1.29, 1.82) is 0 Å². The van der Waals surface area contributed by atoms with Crippen molar-refractivity contribution in [3.05, 3.63) is 65.5 Å². The Bertz CT molecular complexity index is 700. The molecule has 2 aromatic carbocycles. The maximum Gasteiger partial charge on any atom is 0.239 e. The van der Waals surface area contributed by atoms with E-state index in [-0.39, 0.29) is 30.6 Å². The topological polar surface area (TPSA) is 67.4 Å². The molecule has 5 nitrogen and oxygen atoms in total. The Morgan fingerprint density at radius 1 is 0.920 bits per heavy atom. The third-order valence-electron chi connectivity index (χ3n) is 3.62. The van der Waals surface area contributed by atoms with Crippen LogP contribution in [-0.2, 0) is 22.4 Å². The minimum absolute atomic E-state index is 0.0710. The van der Waals surface area contributed by atoms with E-state index in [2.05, 4.69) is 10.6 Å². The van der Waals surface area contributed by atoms with Gasteiger partial charge in [0, 0.05) is 6.54 Å². The first-order valence-electron chi connectivity index (χ1n) is 7.97. The Labute approximate surface area is 146 Å². The average Bonchev–Trinajstić information content (AvgIpc) is 2.62. The van der Waals surface area contributed by atoms with Crippen molar-refractivity contribution >= 4 is 11.8 Å². The van der Waals surface area contributed by atoms with E-state index < -0.39 is 0 Å². The molecule has 0 atom stereocenters. The number of amides is 2. The Balaban J connectivity index is 1.64. The monoisotopic (exact) mass is 344 g/mol. The number of hydrogen-bond acceptors (Lipinski definition) is 3. The zero-order chi connectivity index (χ0) is 18.1. The molecule has 25 heavy (non-hydrogen) atoms. The van der Waals surface area contributed by atoms with Gasteiger partial charge in [-0.25, -0.2) is 4.39 Å². The Hall–Kier alpha value is -2.89. The molecule has 6 heteroatoms. The largest absolute Gasteiger partial charge is 0.497 e. The first kappa shape index (κ1) is 18.4. The van der Waals surface area contributed by atoms with Crippen LogP contribution >= 0.6 is 0 Å². The molecule has 0 spiro atoms. The highest BCUT2D eigenvalue weighted by Gasteiger charge is 2.06. The van der Waals surface area contributed by atoms with Gasteiger partial charge in [0.2, 0.25) is 11.8 Å². The number of halogens is 1. The van der Waals surface area contributed by atoms with Crippen LogP contribution in [0.15, 0.2) is 48.5 Å². The number of carbonyl (C=O) groups excluding carboxylic acids is 2. The Morgan fingerprint density at radius 2 is 1.56 bits per heavy atom. The van der Waals surface area contributed by atoms with Crippen molar-refractivity contribution in [3.63, 3.8) is 0 Å². The van der Waals surface area contributed by atoms with Gasteiger partial charge in [-0.15, -0.1) is 0 Å². The lowest BCUT2D eigenvalue weighted by Gasteiger charge is -2.08. The minimum atomic E-state index is -0.285. The molecule has 0 saturated heterocycles. The molecule has 0 fully saturated rings. The second kappa shape index (κ2) is 9.42. The fraction of sp³-hybridized carbons (Fsp3) is 0.263. The summed E-state index contributed by atoms with van der Waals surface area (Å²) in [7, 11) is 1.58. The zero-order valence-electron chi connectivity index (χ0n) is 14.0. The predicted octanol–water partition coefficient (Wildman–Crippen LogP) is 1.85. The number of carbonyl (C=O) groups is 2. The van der Waals surface area contributed by atoms with Gasteiger partial charge in [0.25, 0.3) is 0 Å². The molecule has 0 heterocycles. The van der Waals surface area contributed by atoms with Crippen molar-refractivity contribution < 1.29 is 18.7 Å². The van der Waals surface area contributed by atoms with E-state index in [1.165, 1.54) is 12.1 Å². The van der Waals surface area contributed by atoms with Crippen LogP contribution in [0.4, 0.5) is 4.39 Å². The standard InChI is InChI=1S/C19H21FN2O3/c1-25-17-8-4-15(5-9-17)12-18(23)22-13-19(24)21-11-10-14-2-6-16(20)7-3-14/h2-9H,10-13H2,1H3,(H,21,24)(H,22,23). The number of rotatable bonds is 8. The molecule has 0 aliphatic rings. The van der Waals surface area contributed by atoms with Gasteiger partial charge in [0.15, 0.2) is 0 Å². The average molecular weight is 344 g/mol. The molecule has 0 aromatic heterocycles. The Morgan fingerprint density at radius 3 is 2.20 bits per heavy atom. The molecule has 0 radical (unpaired) electrons. The lowest BCUT2D eigenvalue weighted by atomic mass is 10.1. The van der Waals surface area contributed by atoms with Crippen molar-refractivity contribution in [2.45, 2.75) is 12.8 Å². The van der Waals surface area contributed by atoms with E-state index in [1.54, 1.807) is 43.5 Å². The Kier molecular flexibility index (Phi) is 6.95. The lowest BCUT2D eigenvalue weighted by molar-refractivity contribution is -0.125. The molecule has 0 saturated carbocycles. The van der Waals surface area contributed by atoms with Crippen LogP contribution in [0.1, 0.15) is 11.1 Å². The molecule has 0 aliphatic carbocycles. The van der Waals surface area contributed by atoms with Gasteiger partial charge < -0.3 is 15.4 Å². The third-order valence-corrected chi connectivity index (χ3v) is 3.62. The van der Waals surface area contributed by atoms with Gasteiger partial charge >= 0.3 is 0 Å². The summed E-state index contributed by atoms with van der Waals surface area (Å²) in [5.74, 6) is -0.0407. The van der Waals surface area contributed by atoms with E-state index >= 15 is 0 Å². The predicted molar refractivity (Wildman–Crippen MR) is 92.8 cm³/mol. The van der Waals surface area contributed by atoms with Crippen molar-refractivity contribution in [3.8, 4) is 5.75 Å². The van der Waals surface area contributed by atoms with E-state index in [1.807, 2.05) is 0 Å². The number of hydrogen-bond donors (Lipinski definition) is 2. The van der Waals surface area contributed by atoms with Gasteiger partial charge in [-0.1, -0.05) is 24.3 Å². The van der Waals surface area contributed by atoms with Gasteiger partial charge in [0.05, 0.1) is 20.1 Å². The molecule has 0 aliphatic heterocycles. The normalized spacial score (nSPS) is 10.2. The highest BCUT2D eigenvalue weighted by molar-refractivity contribution is 5.85. The fourth-order valence-electron chi connectivity index (χ4n) is 2.23. The third kappa shape index (κ3) is 6.63. The van der Waals surface area contributed by atoms with E-state index in [0.29, 0.717) is 13.0 Å². The number of ether oxygens (including phenoxy) is 1. The molecule has 2 N–H and O–H groups in total. The van der Waals surface area contributed by atoms with Crippen LogP contribution < -0.4 is 15.4 Å². The van der Waals surface area contributed by atoms with Crippen LogP contribution in [0, 0.1) is 5.82 Å². The van der Waals surface area contributed by atoms with Crippen LogP contribution in [-0.4, -0.2) is 32.0 Å². The smallest absolute Gasteiger partial charge is 0.239 e. The molecule has 2 rings (SSSR count). The van der Waals surface area contributed by atoms with Crippen LogP contribution in [0.5, 0.6) is 5.75 Å². The van der Waals surface area contributed by atoms with Crippen LogP contribution in [0.2, 0.25) is 0 Å². The SMILES string of the molecule is COc1ccc(CC(=O)NCC(=O)NCCc2ccc(F)cc2)cc1. The number of benzene rings is 2. The van der Waals surface area contributed by atoms with Gasteiger partial charge in [-0.05, 0) is 41.8 Å². The molecule has 2 aromatic rings. The second-order valence-corrected chi connectivity index (χ2v) is 5.53. The summed E-state index contributed by atoms with van der Waals surface area (Å²) in [5.41, 5.74) is 1.78. The maximum atomic E-state index is 12.8. The van der Waals surface area contributed by atoms with Crippen LogP contribution in [0.25, 0.3) is 0 Å². The molecule has 0 unspecified atom stereocenters. The quantitative estimate of drug-likeness (QED) is 0.768. The summed E-state index contributed by atoms with van der Waals surface area (Å²) in [4.78, 5) is 23.6. The van der Waals surface area contributed by atoms with Gasteiger partial charge in [-0.3, -0.25) is 9.59 Å². The highest BCUT2D eigenvalue weighted by Crippen LogP contribution is 2.11. The van der Waals surface area contributed by atoms with Crippen molar-refractivity contribution in [1.82, 2.24) is 10.6 Å². The van der Waals surface area contributed by atoms with E-state index in [0.717, 1.165) is 16.9 Å². The molecule has 2 amide bonds. The van der Waals surface area contributed by atoms with Crippen molar-refractivity contribution in [2.24, 2.45) is 0 Å². The summed E-state index contributed by atoms with van der Waals surface area (Å²) in [6, 6.07) is 13.3. The first-order chi connectivity index (χ1) is 12.1. The van der Waals surface area contributed by atoms with Crippen molar-refractivity contribution in [2.75, 3.05) is 20.2 Å². The second-order valence-electron chi connectivity index (χ2n) is 5.53. The molecular formula is C19H21FN2O3. The first-order valence-corrected chi connectivity index (χ1v) is 7.97. The maximum absolute atomic E-state index is 12.8. The molecule has 0 bridgehead atoms. The summed E-state index contributed by atoms with van der Waals surface area (Å²) < 4.78 is 17.8. The van der Waals surface area contributed by atoms with E-state index in [4.69, 9.17) is 4.74 Å². The lowest BCUT2D eigenvalue weighted by Crippen LogP contribution is -2.38.